The molecule has 0 spiro atoms. The number of methoxy groups -OCH3 is 1. The molecule has 1 saturated carbocycles. The minimum atomic E-state index is -0.845. The van der Waals surface area contributed by atoms with Crippen LogP contribution in [0.25, 0.3) is 0 Å². The van der Waals surface area contributed by atoms with Crippen molar-refractivity contribution in [2.45, 2.75) is 31.7 Å². The third-order valence-electron chi connectivity index (χ3n) is 4.13. The summed E-state index contributed by atoms with van der Waals surface area (Å²) in [7, 11) is 1.68. The number of rotatable bonds is 7. The first kappa shape index (κ1) is 14.8. The first-order valence-corrected chi connectivity index (χ1v) is 6.99. The molecule has 2 atom stereocenters. The fourth-order valence-electron chi connectivity index (χ4n) is 2.49. The Hall–Kier alpha value is -1.56. The number of nitrogens with one attached hydrogen (secondary N) is 2. The maximum atomic E-state index is 11.8. The summed E-state index contributed by atoms with van der Waals surface area (Å²) in [6.07, 6.45) is 7.03. The molecule has 2 aliphatic rings. The Morgan fingerprint density at radius 3 is 2.70 bits per heavy atom. The average molecular weight is 282 g/mol. The van der Waals surface area contributed by atoms with Crippen LogP contribution in [0.15, 0.2) is 12.2 Å². The molecule has 2 rings (SSSR count). The van der Waals surface area contributed by atoms with Gasteiger partial charge in [-0.3, -0.25) is 4.79 Å². The SMILES string of the molecule is COCCC1(CNC(=O)NC2C=CC(C(=O)O)C2)CC1. The van der Waals surface area contributed by atoms with Crippen LogP contribution in [-0.2, 0) is 9.53 Å². The number of ether oxygens (including phenoxy) is 1. The molecule has 0 radical (unpaired) electrons. The second-order valence-corrected chi connectivity index (χ2v) is 5.74. The first-order chi connectivity index (χ1) is 9.54. The highest BCUT2D eigenvalue weighted by Gasteiger charge is 2.42. The van der Waals surface area contributed by atoms with Crippen molar-refractivity contribution in [3.05, 3.63) is 12.2 Å². The predicted octanol–water partition coefficient (Wildman–Crippen LogP) is 1.13. The fraction of sp³-hybridized carbons (Fsp3) is 0.714. The van der Waals surface area contributed by atoms with Gasteiger partial charge >= 0.3 is 12.0 Å². The topological polar surface area (TPSA) is 87.7 Å². The van der Waals surface area contributed by atoms with Crippen molar-refractivity contribution < 1.29 is 19.4 Å². The molecule has 20 heavy (non-hydrogen) atoms. The van der Waals surface area contributed by atoms with Gasteiger partial charge in [0.15, 0.2) is 0 Å². The van der Waals surface area contributed by atoms with Crippen LogP contribution in [-0.4, -0.2) is 43.4 Å². The van der Waals surface area contributed by atoms with Crippen LogP contribution in [0.3, 0.4) is 0 Å². The third kappa shape index (κ3) is 3.96. The fourth-order valence-corrected chi connectivity index (χ4v) is 2.49. The molecule has 2 unspecified atom stereocenters. The van der Waals surface area contributed by atoms with E-state index in [1.54, 1.807) is 19.3 Å². The van der Waals surface area contributed by atoms with Gasteiger partial charge < -0.3 is 20.5 Å². The van der Waals surface area contributed by atoms with Gasteiger partial charge in [-0.1, -0.05) is 12.2 Å². The van der Waals surface area contributed by atoms with E-state index in [0.717, 1.165) is 25.9 Å². The summed E-state index contributed by atoms with van der Waals surface area (Å²) in [5.74, 6) is -1.33. The Labute approximate surface area is 118 Å². The number of hydrogen-bond donors (Lipinski definition) is 3. The van der Waals surface area contributed by atoms with Crippen LogP contribution < -0.4 is 10.6 Å². The summed E-state index contributed by atoms with van der Waals surface area (Å²) >= 11 is 0. The molecule has 112 valence electrons. The molecule has 0 aromatic carbocycles. The molecule has 2 aliphatic carbocycles. The van der Waals surface area contributed by atoms with Gasteiger partial charge in [0.25, 0.3) is 0 Å². The maximum absolute atomic E-state index is 11.8. The molecule has 0 bridgehead atoms. The summed E-state index contributed by atoms with van der Waals surface area (Å²) in [6, 6.07) is -0.417. The quantitative estimate of drug-likeness (QED) is 0.611. The second-order valence-electron chi connectivity index (χ2n) is 5.74. The predicted molar refractivity (Wildman–Crippen MR) is 73.4 cm³/mol. The number of hydrogen-bond acceptors (Lipinski definition) is 3. The Bertz CT molecular complexity index is 404. The molecule has 0 aliphatic heterocycles. The van der Waals surface area contributed by atoms with E-state index in [1.165, 1.54) is 0 Å². The zero-order chi connectivity index (χ0) is 14.6. The minimum Gasteiger partial charge on any atom is -0.481 e. The lowest BCUT2D eigenvalue weighted by molar-refractivity contribution is -0.140. The summed E-state index contributed by atoms with van der Waals surface area (Å²) < 4.78 is 5.07. The largest absolute Gasteiger partial charge is 0.481 e. The highest BCUT2D eigenvalue weighted by Crippen LogP contribution is 2.48. The van der Waals surface area contributed by atoms with Crippen LogP contribution in [0.5, 0.6) is 0 Å². The summed E-state index contributed by atoms with van der Waals surface area (Å²) in [6.45, 7) is 1.37. The monoisotopic (exact) mass is 282 g/mol. The highest BCUT2D eigenvalue weighted by molar-refractivity contribution is 5.76. The summed E-state index contributed by atoms with van der Waals surface area (Å²) in [5, 5.41) is 14.5. The highest BCUT2D eigenvalue weighted by atomic mass is 16.5. The van der Waals surface area contributed by atoms with Crippen LogP contribution in [0, 0.1) is 11.3 Å². The van der Waals surface area contributed by atoms with E-state index in [4.69, 9.17) is 9.84 Å². The zero-order valence-electron chi connectivity index (χ0n) is 11.7. The van der Waals surface area contributed by atoms with Crippen LogP contribution >= 0.6 is 0 Å². The lowest BCUT2D eigenvalue weighted by Gasteiger charge is -2.17. The van der Waals surface area contributed by atoms with Gasteiger partial charge in [0, 0.05) is 20.3 Å². The standard InChI is InChI=1S/C14H22N2O4/c1-20-7-6-14(4-5-14)9-15-13(19)16-11-3-2-10(8-11)12(17)18/h2-3,10-11H,4-9H2,1H3,(H,17,18)(H2,15,16,19). The van der Waals surface area contributed by atoms with Crippen molar-refractivity contribution >= 4 is 12.0 Å². The van der Waals surface area contributed by atoms with Crippen molar-refractivity contribution in [1.82, 2.24) is 10.6 Å². The van der Waals surface area contributed by atoms with E-state index in [9.17, 15) is 9.59 Å². The van der Waals surface area contributed by atoms with E-state index in [1.807, 2.05) is 0 Å². The van der Waals surface area contributed by atoms with Crippen molar-refractivity contribution in [2.24, 2.45) is 11.3 Å². The van der Waals surface area contributed by atoms with Gasteiger partial charge in [0.05, 0.1) is 12.0 Å². The molecule has 3 N–H and O–H groups in total. The number of carbonyl (C=O) groups excluding carboxylic acids is 1. The normalized spacial score (nSPS) is 26.2. The number of urea groups is 1. The molecule has 0 heterocycles. The van der Waals surface area contributed by atoms with Crippen molar-refractivity contribution in [3.8, 4) is 0 Å². The van der Waals surface area contributed by atoms with Crippen LogP contribution in [0.4, 0.5) is 4.79 Å². The van der Waals surface area contributed by atoms with Crippen LogP contribution in [0.1, 0.15) is 25.7 Å². The summed E-state index contributed by atoms with van der Waals surface area (Å²) in [5.41, 5.74) is 0.211. The van der Waals surface area contributed by atoms with E-state index < -0.39 is 11.9 Å². The Kier molecular flexibility index (Phi) is 4.65. The number of carboxylic acid groups (broad SMARTS) is 1. The summed E-state index contributed by atoms with van der Waals surface area (Å²) in [4.78, 5) is 22.6. The lowest BCUT2D eigenvalue weighted by Crippen LogP contribution is -2.43. The van der Waals surface area contributed by atoms with Crippen LogP contribution in [0.2, 0.25) is 0 Å². The van der Waals surface area contributed by atoms with Crippen molar-refractivity contribution in [2.75, 3.05) is 20.3 Å². The van der Waals surface area contributed by atoms with Gasteiger partial charge in [-0.05, 0) is 31.1 Å². The number of amides is 2. The maximum Gasteiger partial charge on any atom is 0.315 e. The number of carbonyl (C=O) groups is 2. The Morgan fingerprint density at radius 1 is 1.40 bits per heavy atom. The third-order valence-corrected chi connectivity index (χ3v) is 4.13. The number of carboxylic acids is 1. The van der Waals surface area contributed by atoms with Gasteiger partial charge in [-0.2, -0.15) is 0 Å². The Morgan fingerprint density at radius 2 is 2.15 bits per heavy atom. The molecular weight excluding hydrogens is 260 g/mol. The lowest BCUT2D eigenvalue weighted by atomic mass is 10.0. The van der Waals surface area contributed by atoms with Gasteiger partial charge in [0.1, 0.15) is 0 Å². The Balaban J connectivity index is 1.67. The molecule has 6 heteroatoms. The number of aliphatic carboxylic acids is 1. The first-order valence-electron chi connectivity index (χ1n) is 6.99. The van der Waals surface area contributed by atoms with Gasteiger partial charge in [0.2, 0.25) is 0 Å². The van der Waals surface area contributed by atoms with Gasteiger partial charge in [-0.15, -0.1) is 0 Å². The van der Waals surface area contributed by atoms with E-state index in [0.29, 0.717) is 13.0 Å². The van der Waals surface area contributed by atoms with Gasteiger partial charge in [-0.25, -0.2) is 4.79 Å². The molecule has 2 amide bonds. The van der Waals surface area contributed by atoms with Crippen molar-refractivity contribution in [3.63, 3.8) is 0 Å². The molecule has 0 saturated heterocycles. The van der Waals surface area contributed by atoms with E-state index in [-0.39, 0.29) is 17.5 Å². The smallest absolute Gasteiger partial charge is 0.315 e. The second kappa shape index (κ2) is 6.26. The molecular formula is C14H22N2O4. The zero-order valence-corrected chi connectivity index (χ0v) is 11.7. The minimum absolute atomic E-state index is 0.190. The molecule has 6 nitrogen and oxygen atoms in total. The van der Waals surface area contributed by atoms with Crippen molar-refractivity contribution in [1.29, 1.82) is 0 Å². The molecule has 1 fully saturated rings. The van der Waals surface area contributed by atoms with E-state index in [2.05, 4.69) is 10.6 Å². The average Bonchev–Trinajstić information content (AvgIpc) is 3.04. The van der Waals surface area contributed by atoms with E-state index >= 15 is 0 Å². The molecule has 0 aromatic rings. The molecule has 0 aromatic heterocycles.